The van der Waals surface area contributed by atoms with Crippen molar-refractivity contribution in [1.29, 1.82) is 0 Å². The lowest BCUT2D eigenvalue weighted by Gasteiger charge is -2.42. The molecule has 17 rings (SSSR count). The number of hydrogen-bond donors (Lipinski definition) is 6. The summed E-state index contributed by atoms with van der Waals surface area (Å²) in [6.07, 6.45) is 0.630. The molecule has 7 aromatic rings. The molecule has 33 heteroatoms. The first-order valence-electron chi connectivity index (χ1n) is 42.5. The second-order valence-corrected chi connectivity index (χ2v) is 33.4. The van der Waals surface area contributed by atoms with Crippen LogP contribution in [0, 0.1) is 0 Å². The van der Waals surface area contributed by atoms with Crippen LogP contribution in [0.3, 0.4) is 0 Å². The molecule has 4 heterocycles. The first kappa shape index (κ1) is 97.7. The number of nitrogens with one attached hydrogen (secondary N) is 5. The van der Waals surface area contributed by atoms with Crippen LogP contribution >= 0.6 is 12.4 Å². The molecule has 7 aromatic carbocycles. The van der Waals surface area contributed by atoms with Crippen LogP contribution in [-0.4, -0.2) is 219 Å². The zero-order valence-electron chi connectivity index (χ0n) is 71.4. The number of hydrogen-bond acceptors (Lipinski definition) is 18. The van der Waals surface area contributed by atoms with Gasteiger partial charge in [-0.1, -0.05) is 212 Å². The van der Waals surface area contributed by atoms with Crippen LogP contribution in [0.5, 0.6) is 0 Å². The van der Waals surface area contributed by atoms with E-state index in [1.165, 1.54) is 50.6 Å². The van der Waals surface area contributed by atoms with Crippen LogP contribution in [-0.2, 0) is 103 Å². The van der Waals surface area contributed by atoms with Gasteiger partial charge in [-0.05, 0) is 135 Å². The minimum Gasteiger partial charge on any atom is -0.480 e. The molecule has 0 bridgehead atoms. The van der Waals surface area contributed by atoms with Crippen molar-refractivity contribution in [3.63, 3.8) is 0 Å². The van der Waals surface area contributed by atoms with Crippen LogP contribution in [0.15, 0.2) is 212 Å². The summed E-state index contributed by atoms with van der Waals surface area (Å²) in [7, 11) is 2.66. The molecule has 0 aromatic heterocycles. The lowest BCUT2D eigenvalue weighted by atomic mass is 10.00. The molecule has 0 atom stereocenters. The van der Waals surface area contributed by atoms with Gasteiger partial charge in [0.05, 0.1) is 32.8 Å². The number of carboxylic acids is 1. The number of carbonyl (C=O) groups excluding carboxylic acids is 9. The number of carbonyl (C=O) groups is 10. The van der Waals surface area contributed by atoms with E-state index in [2.05, 4.69) is 71.5 Å². The molecule has 6 aliphatic carbocycles. The largest absolute Gasteiger partial charge is 0.480 e. The van der Waals surface area contributed by atoms with E-state index >= 15 is 0 Å². The molecule has 6 saturated carbocycles. The summed E-state index contributed by atoms with van der Waals surface area (Å²) in [6.45, 7) is 8.84. The van der Waals surface area contributed by atoms with Gasteiger partial charge in [0.1, 0.15) is 36.4 Å². The zero-order valence-corrected chi connectivity index (χ0v) is 72.2. The third-order valence-corrected chi connectivity index (χ3v) is 23.5. The number of alkyl carbamates (subject to hydrolysis) is 2. The van der Waals surface area contributed by atoms with Crippen LogP contribution in [0.25, 0.3) is 0 Å². The molecule has 4 spiro atoms. The molecule has 682 valence electrons. The summed E-state index contributed by atoms with van der Waals surface area (Å²) in [5.41, 5.74) is 4.24. The van der Waals surface area contributed by atoms with Crippen LogP contribution in [0.1, 0.15) is 135 Å². The van der Waals surface area contributed by atoms with Gasteiger partial charge in [0.2, 0.25) is 17.7 Å². The first-order valence-corrected chi connectivity index (χ1v) is 42.5. The lowest BCUT2D eigenvalue weighted by molar-refractivity contribution is -0.191. The summed E-state index contributed by atoms with van der Waals surface area (Å²) in [5.74, 6) is -5.38. The minimum atomic E-state index is -4.77. The van der Waals surface area contributed by atoms with Crippen molar-refractivity contribution >= 4 is 72.0 Å². The Morgan fingerprint density at radius 1 is 0.465 bits per heavy atom. The van der Waals surface area contributed by atoms with Crippen molar-refractivity contribution < 1.29 is 98.3 Å². The Kier molecular flexibility index (Phi) is 34.5. The number of nitrogens with zero attached hydrogens (tertiary/aromatic N) is 6. The number of benzene rings is 7. The van der Waals surface area contributed by atoms with Gasteiger partial charge in [-0.15, -0.1) is 12.4 Å². The summed E-state index contributed by atoms with van der Waals surface area (Å²) < 4.78 is 94.0. The quantitative estimate of drug-likeness (QED) is 0.0209. The van der Waals surface area contributed by atoms with Gasteiger partial charge in [-0.25, -0.2) is 14.4 Å². The van der Waals surface area contributed by atoms with Crippen molar-refractivity contribution in [2.75, 3.05) is 79.7 Å². The molecule has 0 unspecified atom stereocenters. The summed E-state index contributed by atoms with van der Waals surface area (Å²) in [5, 5.41) is 23.4. The van der Waals surface area contributed by atoms with Gasteiger partial charge in [0.25, 0.3) is 0 Å². The molecular weight excluding hydrogens is 1670 g/mol. The Bertz CT molecular complexity index is 4770. The molecule has 0 radical (unpaired) electrons. The van der Waals surface area contributed by atoms with E-state index in [0.717, 1.165) is 101 Å². The van der Waals surface area contributed by atoms with Crippen LogP contribution in [0.4, 0.5) is 35.9 Å². The number of rotatable bonds is 22. The van der Waals surface area contributed by atoms with Gasteiger partial charge < -0.3 is 70.2 Å². The average Bonchev–Trinajstić information content (AvgIpc) is 1.60. The highest BCUT2D eigenvalue weighted by Crippen LogP contribution is 2.50. The predicted octanol–water partition coefficient (Wildman–Crippen LogP) is 12.4. The topological polar surface area (TPSA) is 307 Å². The third kappa shape index (κ3) is 29.6. The van der Waals surface area contributed by atoms with Gasteiger partial charge in [0, 0.05) is 89.6 Å². The Morgan fingerprint density at radius 2 is 0.890 bits per heavy atom. The Labute approximate surface area is 741 Å². The Morgan fingerprint density at radius 3 is 1.31 bits per heavy atom. The molecule has 7 amide bonds. The number of aliphatic carboxylic acids is 1. The minimum absolute atomic E-state index is 0. The SMILES string of the molecule is COC(=O)CN(Cc1ccccc1)C(=O)C1(NC(=O)OCc2ccccc2)CC1.COC(=O)CNCc1ccccc1.Cl.O=C(N1CCCCC12CC2)C(F)(F)F.O=C(N1CCN(Cc2ccccc2)CC12CC2)C(F)(F)F.O=C(NC1(C(=O)O)CC1)OCc1ccccc1.O=C1CN(Cc2ccccc2)C(=O)C2(CC2)N1.c1ccc(CN2CCNC3(CC3)C2)cc1. The molecule has 127 heavy (non-hydrogen) atoms. The number of likely N-dealkylation sites (tertiary alicyclic amines) is 1. The maximum atomic E-state index is 13.1. The van der Waals surface area contributed by atoms with E-state index in [0.29, 0.717) is 76.7 Å². The van der Waals surface area contributed by atoms with E-state index in [9.17, 15) is 74.3 Å². The van der Waals surface area contributed by atoms with E-state index in [4.69, 9.17) is 19.3 Å². The van der Waals surface area contributed by atoms with E-state index < -0.39 is 76.0 Å². The lowest BCUT2D eigenvalue weighted by Crippen LogP contribution is -2.59. The van der Waals surface area contributed by atoms with Crippen molar-refractivity contribution in [2.24, 2.45) is 0 Å². The fourth-order valence-corrected chi connectivity index (χ4v) is 15.6. The fourth-order valence-electron chi connectivity index (χ4n) is 15.6. The van der Waals surface area contributed by atoms with Gasteiger partial charge in [0.15, 0.2) is 0 Å². The highest BCUT2D eigenvalue weighted by Gasteiger charge is 2.60. The zero-order chi connectivity index (χ0) is 90.0. The van der Waals surface area contributed by atoms with Crippen LogP contribution in [0.2, 0.25) is 0 Å². The predicted molar refractivity (Wildman–Crippen MR) is 461 cm³/mol. The van der Waals surface area contributed by atoms with Crippen molar-refractivity contribution in [2.45, 2.75) is 188 Å². The monoisotopic (exact) mass is 1780 g/mol. The van der Waals surface area contributed by atoms with Gasteiger partial charge in [-0.2, -0.15) is 26.3 Å². The second-order valence-electron chi connectivity index (χ2n) is 33.4. The van der Waals surface area contributed by atoms with E-state index in [1.54, 1.807) is 4.90 Å². The van der Waals surface area contributed by atoms with Crippen molar-refractivity contribution in [3.05, 3.63) is 251 Å². The molecule has 10 fully saturated rings. The first-order chi connectivity index (χ1) is 60.4. The highest BCUT2D eigenvalue weighted by atomic mass is 35.5. The summed E-state index contributed by atoms with van der Waals surface area (Å²) in [6, 6.07) is 68.2. The van der Waals surface area contributed by atoms with E-state index in [-0.39, 0.29) is 88.6 Å². The number of piperazine rings is 3. The molecule has 6 N–H and O–H groups in total. The molecule has 4 saturated heterocycles. The van der Waals surface area contributed by atoms with Gasteiger partial charge >= 0.3 is 54.3 Å². The molecule has 4 aliphatic heterocycles. The number of ether oxygens (including phenoxy) is 4. The molecule has 10 aliphatic rings. The average molecular weight is 1790 g/mol. The smallest absolute Gasteiger partial charge is 0.471 e. The summed E-state index contributed by atoms with van der Waals surface area (Å²) in [4.78, 5) is 126. The van der Waals surface area contributed by atoms with Crippen molar-refractivity contribution in [3.8, 4) is 0 Å². The fraction of sp³-hybridized carbons (Fsp3) is 0.447. The van der Waals surface area contributed by atoms with Crippen molar-refractivity contribution in [1.82, 2.24) is 56.0 Å². The maximum Gasteiger partial charge on any atom is 0.471 e. The number of amides is 7. The van der Waals surface area contributed by atoms with E-state index in [1.807, 2.05) is 182 Å². The van der Waals surface area contributed by atoms with Gasteiger partial charge in [-0.3, -0.25) is 43.4 Å². The highest BCUT2D eigenvalue weighted by molar-refractivity contribution is 6.00. The number of carboxylic acid groups (broad SMARTS) is 1. The number of piperidine rings is 1. The standard InChI is InChI=1S/C22H24N2O5.C15H17F3N2O.C13H14N2O2.C13H18N2.C12H13NO4.C10H13NO2.C9H12F3NO.ClH/c1-28-19(25)15-24(14-17-8-4-2-5-9-17)20(26)22(12-13-22)23-21(27)29-16-18-10-6-3-7-11-18;16-15(17,18)13(21)20-9-8-19(11-14(20)6-7-14)10-12-4-2-1-3-5-12;16-11-9-15(8-10-4-2-1-3-5-10)12(17)13(14-11)6-7-13;1-2-4-12(5-3-1)10-15-9-8-14-13(11-15)6-7-13;14-10(15)12(6-7-12)13-11(16)17-8-9-4-2-1-3-5-9;1-13-10(12)8-11-7-9-5-3-2-4-6-9;10-9(11,12)7(14)13-6-2-1-3-8(13)4-5-8;/h2-11H,12-16H2,1H3,(H,23,27);1-5H,6-11H2;1-5H,6-9H2,(H,14,16);1-5,14H,6-11H2;1-5H,6-8H2,(H,13,16)(H,14,15);2-6,11H,7-8H2,1H3;1-6H2;1H. The molecule has 26 nitrogen and oxygen atoms in total. The van der Waals surface area contributed by atoms with Crippen LogP contribution < -0.4 is 26.6 Å². The number of esters is 2. The molecular formula is C94H112ClF6N11O15. The Hall–Kier alpha value is -11.5. The number of methoxy groups -OCH3 is 2. The third-order valence-electron chi connectivity index (χ3n) is 23.5. The number of alkyl halides is 6. The summed E-state index contributed by atoms with van der Waals surface area (Å²) >= 11 is 0. The second kappa shape index (κ2) is 44.8. The normalized spacial score (nSPS) is 18.4. The Balaban J connectivity index is 0.000000157. The number of halogens is 7. The maximum absolute atomic E-state index is 13.1.